The standard InChI is InChI=1S/C11H12N2O2/c1-2-3-11-5-6(11)4-7-8(10(14)15)12-13-9(7)11/h2-3,6H,4-5H2,1H3,(H,12,13)(H,14,15)/b3-2+. The number of rotatable bonds is 2. The number of hydrogen-bond donors (Lipinski definition) is 2. The molecule has 1 aromatic heterocycles. The molecule has 2 aliphatic carbocycles. The van der Waals surface area contributed by atoms with E-state index in [0.717, 1.165) is 24.1 Å². The number of nitrogens with one attached hydrogen (secondary N) is 1. The van der Waals surface area contributed by atoms with Crippen molar-refractivity contribution in [3.63, 3.8) is 0 Å². The summed E-state index contributed by atoms with van der Waals surface area (Å²) in [7, 11) is 0. The highest BCUT2D eigenvalue weighted by Gasteiger charge is 2.61. The van der Waals surface area contributed by atoms with Gasteiger partial charge in [-0.15, -0.1) is 0 Å². The molecule has 0 aliphatic heterocycles. The van der Waals surface area contributed by atoms with Gasteiger partial charge >= 0.3 is 5.97 Å². The average molecular weight is 204 g/mol. The Morgan fingerprint density at radius 1 is 1.73 bits per heavy atom. The van der Waals surface area contributed by atoms with Gasteiger partial charge in [-0.05, 0) is 25.7 Å². The van der Waals surface area contributed by atoms with Crippen LogP contribution in [0.1, 0.15) is 35.1 Å². The molecule has 1 fully saturated rings. The highest BCUT2D eigenvalue weighted by Crippen LogP contribution is 2.62. The second-order valence-electron chi connectivity index (χ2n) is 4.38. The Morgan fingerprint density at radius 3 is 3.20 bits per heavy atom. The Bertz CT molecular complexity index is 475. The summed E-state index contributed by atoms with van der Waals surface area (Å²) in [6, 6.07) is 0. The van der Waals surface area contributed by atoms with Crippen LogP contribution in [0.25, 0.3) is 0 Å². The van der Waals surface area contributed by atoms with Gasteiger partial charge in [-0.1, -0.05) is 12.2 Å². The number of fused-ring (bicyclic) bond motifs is 3. The van der Waals surface area contributed by atoms with Crippen molar-refractivity contribution in [3.8, 4) is 0 Å². The fourth-order valence-corrected chi connectivity index (χ4v) is 2.85. The van der Waals surface area contributed by atoms with Crippen molar-refractivity contribution >= 4 is 5.97 Å². The number of H-pyrrole nitrogens is 1. The maximum Gasteiger partial charge on any atom is 0.354 e. The van der Waals surface area contributed by atoms with E-state index >= 15 is 0 Å². The summed E-state index contributed by atoms with van der Waals surface area (Å²) in [5.41, 5.74) is 2.22. The van der Waals surface area contributed by atoms with Gasteiger partial charge in [-0.2, -0.15) is 5.10 Å². The van der Waals surface area contributed by atoms with Crippen molar-refractivity contribution in [3.05, 3.63) is 29.1 Å². The topological polar surface area (TPSA) is 66.0 Å². The Hall–Kier alpha value is -1.58. The Kier molecular flexibility index (Phi) is 1.45. The number of allylic oxidation sites excluding steroid dienone is 2. The maximum absolute atomic E-state index is 10.9. The summed E-state index contributed by atoms with van der Waals surface area (Å²) in [6.45, 7) is 1.99. The average Bonchev–Trinajstić information content (AvgIpc) is 2.57. The molecule has 4 nitrogen and oxygen atoms in total. The first-order valence-corrected chi connectivity index (χ1v) is 5.14. The van der Waals surface area contributed by atoms with Crippen LogP contribution >= 0.6 is 0 Å². The lowest BCUT2D eigenvalue weighted by Crippen LogP contribution is -2.02. The van der Waals surface area contributed by atoms with Gasteiger partial charge in [-0.25, -0.2) is 4.79 Å². The van der Waals surface area contributed by atoms with Crippen LogP contribution in [0.5, 0.6) is 0 Å². The highest BCUT2D eigenvalue weighted by molar-refractivity contribution is 5.88. The number of hydrogen-bond acceptors (Lipinski definition) is 2. The fraction of sp³-hybridized carbons (Fsp3) is 0.455. The lowest BCUT2D eigenvalue weighted by molar-refractivity contribution is 0.0689. The van der Waals surface area contributed by atoms with Crippen LogP contribution in [-0.2, 0) is 11.8 Å². The van der Waals surface area contributed by atoms with E-state index in [0.29, 0.717) is 5.92 Å². The third kappa shape index (κ3) is 0.914. The monoisotopic (exact) mass is 204 g/mol. The molecule has 1 heterocycles. The molecule has 78 valence electrons. The van der Waals surface area contributed by atoms with E-state index in [2.05, 4.69) is 16.3 Å². The first-order valence-electron chi connectivity index (χ1n) is 5.14. The molecule has 15 heavy (non-hydrogen) atoms. The van der Waals surface area contributed by atoms with Crippen molar-refractivity contribution < 1.29 is 9.90 Å². The van der Waals surface area contributed by atoms with Crippen molar-refractivity contribution in [2.75, 3.05) is 0 Å². The van der Waals surface area contributed by atoms with Gasteiger partial charge in [-0.3, -0.25) is 5.10 Å². The van der Waals surface area contributed by atoms with Crippen molar-refractivity contribution in [1.82, 2.24) is 10.2 Å². The van der Waals surface area contributed by atoms with Crippen LogP contribution in [0.4, 0.5) is 0 Å². The number of aromatic carboxylic acids is 1. The van der Waals surface area contributed by atoms with Crippen LogP contribution in [0.15, 0.2) is 12.2 Å². The third-order valence-corrected chi connectivity index (χ3v) is 3.59. The molecule has 0 bridgehead atoms. The molecule has 0 aromatic carbocycles. The second kappa shape index (κ2) is 2.51. The minimum absolute atomic E-state index is 0.0638. The van der Waals surface area contributed by atoms with Gasteiger partial charge in [0.2, 0.25) is 0 Å². The molecule has 4 heteroatoms. The van der Waals surface area contributed by atoms with Crippen LogP contribution < -0.4 is 0 Å². The molecule has 0 saturated heterocycles. The summed E-state index contributed by atoms with van der Waals surface area (Å²) in [6.07, 6.45) is 6.17. The van der Waals surface area contributed by atoms with E-state index in [4.69, 9.17) is 5.11 Å². The number of aromatic nitrogens is 2. The molecule has 1 saturated carbocycles. The summed E-state index contributed by atoms with van der Waals surface area (Å²) in [5, 5.41) is 15.8. The fourth-order valence-electron chi connectivity index (χ4n) is 2.85. The SMILES string of the molecule is C/C=C/C12CC1Cc1c2n[nH]c1C(=O)O. The normalized spacial score (nSPS) is 31.7. The van der Waals surface area contributed by atoms with Crippen LogP contribution in [0.3, 0.4) is 0 Å². The van der Waals surface area contributed by atoms with Crippen LogP contribution in [0.2, 0.25) is 0 Å². The summed E-state index contributed by atoms with van der Waals surface area (Å²) >= 11 is 0. The zero-order chi connectivity index (χ0) is 10.6. The number of carboxylic acid groups (broad SMARTS) is 1. The number of nitrogens with zero attached hydrogens (tertiary/aromatic N) is 1. The minimum Gasteiger partial charge on any atom is -0.477 e. The van der Waals surface area contributed by atoms with E-state index in [9.17, 15) is 4.79 Å². The van der Waals surface area contributed by atoms with Gasteiger partial charge in [0.05, 0.1) is 5.69 Å². The maximum atomic E-state index is 10.9. The van der Waals surface area contributed by atoms with E-state index < -0.39 is 5.97 Å². The quantitative estimate of drug-likeness (QED) is 0.717. The molecule has 2 N–H and O–H groups in total. The van der Waals surface area contributed by atoms with E-state index in [1.165, 1.54) is 0 Å². The Morgan fingerprint density at radius 2 is 2.53 bits per heavy atom. The second-order valence-corrected chi connectivity index (χ2v) is 4.38. The number of carboxylic acids is 1. The number of carbonyl (C=O) groups is 1. The summed E-state index contributed by atoms with van der Waals surface area (Å²) in [4.78, 5) is 10.9. The van der Waals surface area contributed by atoms with Gasteiger partial charge in [0, 0.05) is 11.0 Å². The molecule has 3 rings (SSSR count). The van der Waals surface area contributed by atoms with E-state index in [1.54, 1.807) is 0 Å². The van der Waals surface area contributed by atoms with E-state index in [1.807, 2.05) is 13.0 Å². The molecule has 2 aliphatic rings. The molecular formula is C11H12N2O2. The Balaban J connectivity index is 2.11. The van der Waals surface area contributed by atoms with Gasteiger partial charge in [0.25, 0.3) is 0 Å². The van der Waals surface area contributed by atoms with Gasteiger partial charge < -0.3 is 5.11 Å². The van der Waals surface area contributed by atoms with Crippen LogP contribution in [-0.4, -0.2) is 21.3 Å². The molecule has 2 atom stereocenters. The molecular weight excluding hydrogens is 192 g/mol. The van der Waals surface area contributed by atoms with Crippen LogP contribution in [0, 0.1) is 5.92 Å². The lowest BCUT2D eigenvalue weighted by atomic mass is 10.0. The molecule has 0 radical (unpaired) electrons. The third-order valence-electron chi connectivity index (χ3n) is 3.59. The predicted octanol–water partition coefficient (Wildman–Crippen LogP) is 1.50. The Labute approximate surface area is 87.0 Å². The zero-order valence-electron chi connectivity index (χ0n) is 8.45. The summed E-state index contributed by atoms with van der Waals surface area (Å²) < 4.78 is 0. The summed E-state index contributed by atoms with van der Waals surface area (Å²) in [5.74, 6) is -0.320. The van der Waals surface area contributed by atoms with Gasteiger partial charge in [0.15, 0.2) is 0 Å². The zero-order valence-corrected chi connectivity index (χ0v) is 8.45. The molecule has 0 amide bonds. The highest BCUT2D eigenvalue weighted by atomic mass is 16.4. The van der Waals surface area contributed by atoms with Crippen molar-refractivity contribution in [1.29, 1.82) is 0 Å². The van der Waals surface area contributed by atoms with Crippen molar-refractivity contribution in [2.24, 2.45) is 5.92 Å². The molecule has 1 aromatic rings. The largest absolute Gasteiger partial charge is 0.477 e. The molecule has 0 spiro atoms. The predicted molar refractivity (Wildman–Crippen MR) is 53.9 cm³/mol. The van der Waals surface area contributed by atoms with Gasteiger partial charge in [0.1, 0.15) is 5.69 Å². The molecule has 2 unspecified atom stereocenters. The number of aromatic amines is 1. The van der Waals surface area contributed by atoms with E-state index in [-0.39, 0.29) is 11.1 Å². The minimum atomic E-state index is -0.902. The smallest absolute Gasteiger partial charge is 0.354 e. The lowest BCUT2D eigenvalue weighted by Gasteiger charge is -2.02. The first kappa shape index (κ1) is 8.71. The van der Waals surface area contributed by atoms with Crippen molar-refractivity contribution in [2.45, 2.75) is 25.2 Å². The first-order chi connectivity index (χ1) is 7.19.